The van der Waals surface area contributed by atoms with Gasteiger partial charge in [-0.05, 0) is 42.5 Å². The van der Waals surface area contributed by atoms with Crippen molar-refractivity contribution in [3.8, 4) is 0 Å². The number of methoxy groups -OCH3 is 1. The molecule has 0 unspecified atom stereocenters. The number of thioether (sulfide) groups is 1. The van der Waals surface area contributed by atoms with Gasteiger partial charge in [-0.1, -0.05) is 0 Å². The van der Waals surface area contributed by atoms with Crippen LogP contribution in [-0.2, 0) is 9.53 Å². The summed E-state index contributed by atoms with van der Waals surface area (Å²) in [6.07, 6.45) is 0. The molecule has 0 atom stereocenters. The highest BCUT2D eigenvalue weighted by Gasteiger charge is 2.17. The average Bonchev–Trinajstić information content (AvgIpc) is 2.61. The van der Waals surface area contributed by atoms with Gasteiger partial charge in [0.25, 0.3) is 5.91 Å². The molecule has 24 heavy (non-hydrogen) atoms. The van der Waals surface area contributed by atoms with Gasteiger partial charge in [-0.3, -0.25) is 9.59 Å². The molecule has 0 spiro atoms. The van der Waals surface area contributed by atoms with Crippen molar-refractivity contribution < 1.29 is 19.1 Å². The monoisotopic (exact) mass is 342 g/mol. The van der Waals surface area contributed by atoms with Crippen LogP contribution in [0.4, 0.5) is 11.4 Å². The molecule has 0 fully saturated rings. The van der Waals surface area contributed by atoms with E-state index in [0.29, 0.717) is 28.3 Å². The second-order valence-electron chi connectivity index (χ2n) is 5.07. The number of ether oxygens (including phenoxy) is 1. The van der Waals surface area contributed by atoms with Crippen molar-refractivity contribution in [2.75, 3.05) is 23.5 Å². The number of fused-ring (bicyclic) bond motifs is 1. The van der Waals surface area contributed by atoms with E-state index in [2.05, 4.69) is 15.4 Å². The second-order valence-corrected chi connectivity index (χ2v) is 6.09. The average molecular weight is 342 g/mol. The van der Waals surface area contributed by atoms with Crippen molar-refractivity contribution in [3.05, 3.63) is 53.6 Å². The summed E-state index contributed by atoms with van der Waals surface area (Å²) in [6, 6.07) is 11.6. The number of esters is 1. The molecule has 0 bridgehead atoms. The Kier molecular flexibility index (Phi) is 4.52. The van der Waals surface area contributed by atoms with Gasteiger partial charge in [0.1, 0.15) is 0 Å². The normalized spacial score (nSPS) is 12.8. The third-order valence-electron chi connectivity index (χ3n) is 3.44. The van der Waals surface area contributed by atoms with E-state index in [1.54, 1.807) is 36.4 Å². The van der Waals surface area contributed by atoms with Crippen molar-refractivity contribution in [2.24, 2.45) is 0 Å². The van der Waals surface area contributed by atoms with Crippen molar-refractivity contribution in [1.29, 1.82) is 0 Å². The van der Waals surface area contributed by atoms with Crippen LogP contribution >= 0.6 is 11.8 Å². The molecule has 122 valence electrons. The SMILES string of the molecule is COC(=O)c1ccc(NC(=O)c2ccc3c(c2)NC(=O)CS3)cc1. The van der Waals surface area contributed by atoms with Gasteiger partial charge in [-0.2, -0.15) is 0 Å². The molecule has 2 amide bonds. The highest BCUT2D eigenvalue weighted by Crippen LogP contribution is 2.32. The van der Waals surface area contributed by atoms with Crippen LogP contribution in [0.1, 0.15) is 20.7 Å². The van der Waals surface area contributed by atoms with Crippen LogP contribution < -0.4 is 10.6 Å². The molecule has 1 aliphatic heterocycles. The molecule has 3 rings (SSSR count). The van der Waals surface area contributed by atoms with Crippen LogP contribution in [0.3, 0.4) is 0 Å². The first kappa shape index (κ1) is 16.1. The standard InChI is InChI=1S/C17H14N2O4S/c1-23-17(22)10-2-5-12(6-3-10)18-16(21)11-4-7-14-13(8-11)19-15(20)9-24-14/h2-8H,9H2,1H3,(H,18,21)(H,19,20). The van der Waals surface area contributed by atoms with Crippen molar-refractivity contribution in [1.82, 2.24) is 0 Å². The molecule has 6 nitrogen and oxygen atoms in total. The van der Waals surface area contributed by atoms with Crippen LogP contribution in [0.5, 0.6) is 0 Å². The minimum atomic E-state index is -0.434. The largest absolute Gasteiger partial charge is 0.465 e. The van der Waals surface area contributed by atoms with Crippen LogP contribution in [0.15, 0.2) is 47.4 Å². The van der Waals surface area contributed by atoms with Gasteiger partial charge >= 0.3 is 5.97 Å². The van der Waals surface area contributed by atoms with Gasteiger partial charge < -0.3 is 15.4 Å². The summed E-state index contributed by atoms with van der Waals surface area (Å²) >= 11 is 1.44. The summed E-state index contributed by atoms with van der Waals surface area (Å²) in [5, 5.41) is 5.50. The van der Waals surface area contributed by atoms with Gasteiger partial charge in [0.2, 0.25) is 5.91 Å². The van der Waals surface area contributed by atoms with Gasteiger partial charge in [0.05, 0.1) is 24.1 Å². The smallest absolute Gasteiger partial charge is 0.337 e. The van der Waals surface area contributed by atoms with E-state index < -0.39 is 5.97 Å². The molecule has 0 radical (unpaired) electrons. The van der Waals surface area contributed by atoms with Crippen LogP contribution in [0.2, 0.25) is 0 Å². The highest BCUT2D eigenvalue weighted by atomic mass is 32.2. The predicted molar refractivity (Wildman–Crippen MR) is 91.5 cm³/mol. The first-order chi connectivity index (χ1) is 11.6. The van der Waals surface area contributed by atoms with E-state index in [4.69, 9.17) is 0 Å². The summed E-state index contributed by atoms with van der Waals surface area (Å²) in [6.45, 7) is 0. The zero-order valence-electron chi connectivity index (χ0n) is 12.8. The maximum atomic E-state index is 12.3. The van der Waals surface area contributed by atoms with E-state index in [1.165, 1.54) is 18.9 Å². The molecule has 0 aliphatic carbocycles. The molecule has 0 saturated heterocycles. The van der Waals surface area contributed by atoms with Crippen LogP contribution in [0.25, 0.3) is 0 Å². The Bertz CT molecular complexity index is 818. The van der Waals surface area contributed by atoms with E-state index in [-0.39, 0.29) is 11.8 Å². The zero-order chi connectivity index (χ0) is 17.1. The Morgan fingerprint density at radius 1 is 1.12 bits per heavy atom. The van der Waals surface area contributed by atoms with E-state index in [9.17, 15) is 14.4 Å². The molecule has 2 aromatic rings. The van der Waals surface area contributed by atoms with Crippen molar-refractivity contribution in [2.45, 2.75) is 4.90 Å². The topological polar surface area (TPSA) is 84.5 Å². The number of carbonyl (C=O) groups excluding carboxylic acids is 3. The number of rotatable bonds is 3. The van der Waals surface area contributed by atoms with Crippen molar-refractivity contribution in [3.63, 3.8) is 0 Å². The first-order valence-corrected chi connectivity index (χ1v) is 8.12. The number of anilines is 2. The van der Waals surface area contributed by atoms with Crippen molar-refractivity contribution >= 4 is 40.9 Å². The zero-order valence-corrected chi connectivity index (χ0v) is 13.6. The summed E-state index contributed by atoms with van der Waals surface area (Å²) in [7, 11) is 1.31. The third-order valence-corrected chi connectivity index (χ3v) is 4.51. The molecule has 1 heterocycles. The number of amides is 2. The van der Waals surface area contributed by atoms with E-state index >= 15 is 0 Å². The fourth-order valence-corrected chi connectivity index (χ4v) is 3.02. The lowest BCUT2D eigenvalue weighted by atomic mass is 10.1. The third kappa shape index (κ3) is 3.41. The fourth-order valence-electron chi connectivity index (χ4n) is 2.24. The number of carbonyl (C=O) groups is 3. The Balaban J connectivity index is 1.74. The summed E-state index contributed by atoms with van der Waals surface area (Å²) < 4.78 is 4.63. The maximum Gasteiger partial charge on any atom is 0.337 e. The quantitative estimate of drug-likeness (QED) is 0.838. The minimum absolute atomic E-state index is 0.0801. The number of hydrogen-bond acceptors (Lipinski definition) is 5. The Morgan fingerprint density at radius 3 is 2.54 bits per heavy atom. The second kappa shape index (κ2) is 6.76. The van der Waals surface area contributed by atoms with Crippen LogP contribution in [-0.4, -0.2) is 30.6 Å². The number of benzene rings is 2. The highest BCUT2D eigenvalue weighted by molar-refractivity contribution is 8.00. The first-order valence-electron chi connectivity index (χ1n) is 7.13. The molecule has 7 heteroatoms. The van der Waals surface area contributed by atoms with E-state index in [1.807, 2.05) is 6.07 Å². The lowest BCUT2D eigenvalue weighted by Crippen LogP contribution is -2.19. The molecule has 0 saturated carbocycles. The summed E-state index contributed by atoms with van der Waals surface area (Å²) in [5.74, 6) is -0.432. The molecule has 0 aromatic heterocycles. The molecule has 2 aromatic carbocycles. The Labute approximate surface area is 142 Å². The summed E-state index contributed by atoms with van der Waals surface area (Å²) in [4.78, 5) is 36.1. The predicted octanol–water partition coefficient (Wildman–Crippen LogP) is 2.77. The molecular formula is C17H14N2O4S. The molecule has 2 N–H and O–H groups in total. The van der Waals surface area contributed by atoms with Gasteiger partial charge in [0.15, 0.2) is 0 Å². The molecule has 1 aliphatic rings. The minimum Gasteiger partial charge on any atom is -0.465 e. The Hall–Kier alpha value is -2.80. The molecular weight excluding hydrogens is 328 g/mol. The van der Waals surface area contributed by atoms with Gasteiger partial charge in [0, 0.05) is 16.1 Å². The number of nitrogens with one attached hydrogen (secondary N) is 2. The van der Waals surface area contributed by atoms with Gasteiger partial charge in [-0.15, -0.1) is 11.8 Å². The lowest BCUT2D eigenvalue weighted by molar-refractivity contribution is -0.113. The Morgan fingerprint density at radius 2 is 1.83 bits per heavy atom. The van der Waals surface area contributed by atoms with Gasteiger partial charge in [-0.25, -0.2) is 4.79 Å². The number of hydrogen-bond donors (Lipinski definition) is 2. The summed E-state index contributed by atoms with van der Waals surface area (Å²) in [5.41, 5.74) is 2.05. The van der Waals surface area contributed by atoms with Crippen LogP contribution in [0, 0.1) is 0 Å². The van der Waals surface area contributed by atoms with E-state index in [0.717, 1.165) is 4.90 Å². The maximum absolute atomic E-state index is 12.3. The fraction of sp³-hybridized carbons (Fsp3) is 0.118. The lowest BCUT2D eigenvalue weighted by Gasteiger charge is -2.17.